The van der Waals surface area contributed by atoms with Gasteiger partial charge in [0.1, 0.15) is 19.3 Å². The number of aliphatic hydroxyl groups excluding tert-OH is 1. The van der Waals surface area contributed by atoms with Crippen molar-refractivity contribution in [2.24, 2.45) is 0 Å². The Morgan fingerprint density at radius 3 is 0.788 bits per heavy atom. The Labute approximate surface area is 630 Å². The summed E-state index contributed by atoms with van der Waals surface area (Å²) in [5, 5.41) is 10.6. The van der Waals surface area contributed by atoms with Crippen molar-refractivity contribution in [3.63, 3.8) is 0 Å². The van der Waals surface area contributed by atoms with E-state index in [2.05, 4.69) is 174 Å². The molecule has 5 atom stereocenters. The van der Waals surface area contributed by atoms with Crippen LogP contribution in [-0.4, -0.2) is 96.7 Å². The zero-order valence-corrected chi connectivity index (χ0v) is 66.7. The number of carbonyl (C=O) groups is 4. The van der Waals surface area contributed by atoms with Gasteiger partial charge in [-0.05, 0) is 167 Å². The van der Waals surface area contributed by atoms with Crippen molar-refractivity contribution >= 4 is 39.5 Å². The first-order valence-electron chi connectivity index (χ1n) is 40.1. The third-order valence-electron chi connectivity index (χ3n) is 16.3. The molecule has 0 aliphatic rings. The molecule has 0 fully saturated rings. The number of hydrogen-bond acceptors (Lipinski definition) is 15. The molecule has 0 aliphatic heterocycles. The first kappa shape index (κ1) is 98.9. The van der Waals surface area contributed by atoms with E-state index < -0.39 is 97.5 Å². The highest BCUT2D eigenvalue weighted by atomic mass is 31.2. The normalized spacial score (nSPS) is 14.6. The second-order valence-corrected chi connectivity index (χ2v) is 29.1. The summed E-state index contributed by atoms with van der Waals surface area (Å²) in [6.45, 7) is 4.50. The van der Waals surface area contributed by atoms with Gasteiger partial charge in [-0.2, -0.15) is 0 Å². The lowest BCUT2D eigenvalue weighted by Gasteiger charge is -2.21. The zero-order chi connectivity index (χ0) is 76.0. The fraction of sp³-hybridized carbons (Fsp3) is 0.671. The SMILES string of the molecule is CC/C=C\C/C=C\C/C=C\C/C=C\CCCCCCCCC(=O)OCC(COP(=O)(O)OCC(O)COP(=O)(O)OCC(COC(=O)CCCC/C=C\C/C=C\C/C=C\C/C=C\CC)OC(=O)CCCCCCC/C=C\C/C=C\CCCCC)OC(=O)CCCCCCC/C=C\C/C=C\CCCCC. The number of phosphoric ester groups is 2. The van der Waals surface area contributed by atoms with Gasteiger partial charge in [-0.3, -0.25) is 37.3 Å². The molecular formula is C85H142O17P2. The van der Waals surface area contributed by atoms with Crippen molar-refractivity contribution < 1.29 is 80.2 Å². The fourth-order valence-corrected chi connectivity index (χ4v) is 11.8. The van der Waals surface area contributed by atoms with Crippen molar-refractivity contribution in [1.29, 1.82) is 0 Å². The van der Waals surface area contributed by atoms with Gasteiger partial charge in [-0.25, -0.2) is 9.13 Å². The van der Waals surface area contributed by atoms with E-state index in [4.69, 9.17) is 37.0 Å². The van der Waals surface area contributed by atoms with E-state index in [1.165, 1.54) is 38.5 Å². The van der Waals surface area contributed by atoms with Crippen LogP contribution in [0.15, 0.2) is 146 Å². The van der Waals surface area contributed by atoms with Crippen molar-refractivity contribution in [2.45, 2.75) is 329 Å². The lowest BCUT2D eigenvalue weighted by Crippen LogP contribution is -2.30. The van der Waals surface area contributed by atoms with Gasteiger partial charge in [-0.1, -0.05) is 263 Å². The maximum Gasteiger partial charge on any atom is 0.472 e. The molecule has 0 spiro atoms. The standard InChI is InChI=1S/C85H142O17P2/c1-5-9-13-17-21-25-29-33-37-38-39-40-44-46-50-54-58-62-66-70-83(88)96-76-81(102-85(90)72-68-64-60-56-52-48-43-36-32-28-24-20-16-12-8-4)78-100-104(93,94)98-74-79(86)73-97-103(91,92)99-77-80(101-84(89)71-67-63-59-55-51-47-42-35-31-27-23-19-15-11-7-3)75-95-82(87)69-65-61-57-53-49-45-41-34-30-26-22-18-14-10-6-2/h9-10,13-14,21-28,33-37,39-43,49,53,79-81,86H,5-8,11-12,15-20,29-32,38,44-48,50-52,54-78H2,1-4H3,(H,91,92)(H,93,94)/b13-9-,14-10-,25-21-,26-22-,27-23-,28-24-,37-33-,40-39-,41-34-,42-35-,43-36-,53-49-. The number of aliphatic hydroxyl groups is 1. The maximum atomic E-state index is 13.1. The van der Waals surface area contributed by atoms with Gasteiger partial charge in [0.05, 0.1) is 26.4 Å². The molecule has 0 aromatic heterocycles. The summed E-state index contributed by atoms with van der Waals surface area (Å²) in [7, 11) is -9.99. The molecule has 594 valence electrons. The molecule has 0 saturated heterocycles. The molecule has 0 amide bonds. The Hall–Kier alpha value is -5.06. The maximum absolute atomic E-state index is 13.1. The molecule has 17 nitrogen and oxygen atoms in total. The average Bonchev–Trinajstić information content (AvgIpc) is 0.918. The molecule has 3 N–H and O–H groups in total. The Bertz CT molecular complexity index is 2540. The van der Waals surface area contributed by atoms with Gasteiger partial charge in [0.25, 0.3) is 0 Å². The van der Waals surface area contributed by atoms with E-state index in [9.17, 15) is 43.2 Å². The molecular weight excluding hydrogens is 1350 g/mol. The average molecular weight is 1500 g/mol. The van der Waals surface area contributed by atoms with E-state index in [1.54, 1.807) is 0 Å². The highest BCUT2D eigenvalue weighted by Crippen LogP contribution is 2.45. The topological polar surface area (TPSA) is 237 Å². The van der Waals surface area contributed by atoms with Gasteiger partial charge in [0.2, 0.25) is 0 Å². The van der Waals surface area contributed by atoms with Crippen molar-refractivity contribution in [2.75, 3.05) is 39.6 Å². The number of hydrogen-bond donors (Lipinski definition) is 3. The monoisotopic (exact) mass is 1500 g/mol. The van der Waals surface area contributed by atoms with E-state index >= 15 is 0 Å². The van der Waals surface area contributed by atoms with Crippen LogP contribution in [0, 0.1) is 0 Å². The van der Waals surface area contributed by atoms with Gasteiger partial charge in [-0.15, -0.1) is 0 Å². The van der Waals surface area contributed by atoms with Crippen LogP contribution in [0.3, 0.4) is 0 Å². The van der Waals surface area contributed by atoms with Crippen LogP contribution in [0.4, 0.5) is 0 Å². The Morgan fingerprint density at radius 2 is 0.500 bits per heavy atom. The molecule has 0 radical (unpaired) electrons. The van der Waals surface area contributed by atoms with Gasteiger partial charge in [0, 0.05) is 25.7 Å². The molecule has 0 bridgehead atoms. The van der Waals surface area contributed by atoms with Crippen LogP contribution in [0.25, 0.3) is 0 Å². The molecule has 0 heterocycles. The van der Waals surface area contributed by atoms with Crippen LogP contribution >= 0.6 is 15.6 Å². The zero-order valence-electron chi connectivity index (χ0n) is 64.9. The third-order valence-corrected chi connectivity index (χ3v) is 18.2. The Morgan fingerprint density at radius 1 is 0.279 bits per heavy atom. The predicted molar refractivity (Wildman–Crippen MR) is 427 cm³/mol. The molecule has 104 heavy (non-hydrogen) atoms. The summed E-state index contributed by atoms with van der Waals surface area (Å²) >= 11 is 0. The predicted octanol–water partition coefficient (Wildman–Crippen LogP) is 23.4. The first-order chi connectivity index (χ1) is 50.7. The van der Waals surface area contributed by atoms with Gasteiger partial charge in [0.15, 0.2) is 12.2 Å². The summed E-state index contributed by atoms with van der Waals surface area (Å²) in [5.74, 6) is -2.27. The number of esters is 4. The molecule has 0 aromatic rings. The minimum absolute atomic E-state index is 0.0657. The minimum Gasteiger partial charge on any atom is -0.462 e. The summed E-state index contributed by atoms with van der Waals surface area (Å²) in [6.07, 6.45) is 86.8. The summed E-state index contributed by atoms with van der Waals surface area (Å²) in [6, 6.07) is 0. The number of unbranched alkanes of at least 4 members (excludes halogenated alkanes) is 24. The number of carbonyl (C=O) groups excluding carboxylic acids is 4. The molecule has 5 unspecified atom stereocenters. The molecule has 0 aromatic carbocycles. The third kappa shape index (κ3) is 75.2. The number of rotatable bonds is 74. The van der Waals surface area contributed by atoms with E-state index in [0.717, 1.165) is 193 Å². The molecule has 0 rings (SSSR count). The number of allylic oxidation sites excluding steroid dienone is 24. The summed E-state index contributed by atoms with van der Waals surface area (Å²) in [5.41, 5.74) is 0. The number of phosphoric acid groups is 2. The molecule has 0 saturated carbocycles. The van der Waals surface area contributed by atoms with Crippen molar-refractivity contribution in [1.82, 2.24) is 0 Å². The largest absolute Gasteiger partial charge is 0.472 e. The Balaban J connectivity index is 5.43. The highest BCUT2D eigenvalue weighted by Gasteiger charge is 2.30. The smallest absolute Gasteiger partial charge is 0.462 e. The molecule has 19 heteroatoms. The van der Waals surface area contributed by atoms with Crippen molar-refractivity contribution in [3.8, 4) is 0 Å². The van der Waals surface area contributed by atoms with Crippen LogP contribution in [0.2, 0.25) is 0 Å². The quantitative estimate of drug-likeness (QED) is 0.0169. The van der Waals surface area contributed by atoms with Crippen molar-refractivity contribution in [3.05, 3.63) is 146 Å². The second kappa shape index (κ2) is 76.1. The van der Waals surface area contributed by atoms with Crippen LogP contribution < -0.4 is 0 Å². The van der Waals surface area contributed by atoms with Crippen LogP contribution in [-0.2, 0) is 65.4 Å². The first-order valence-corrected chi connectivity index (χ1v) is 43.1. The summed E-state index contributed by atoms with van der Waals surface area (Å²) in [4.78, 5) is 73.0. The molecule has 0 aliphatic carbocycles. The lowest BCUT2D eigenvalue weighted by molar-refractivity contribution is -0.161. The Kier molecular flexibility index (Phi) is 72.4. The van der Waals surface area contributed by atoms with E-state index in [1.807, 2.05) is 0 Å². The lowest BCUT2D eigenvalue weighted by atomic mass is 10.1. The van der Waals surface area contributed by atoms with Gasteiger partial charge >= 0.3 is 39.5 Å². The summed E-state index contributed by atoms with van der Waals surface area (Å²) < 4.78 is 68.6. The minimum atomic E-state index is -5.00. The van der Waals surface area contributed by atoms with Crippen LogP contribution in [0.1, 0.15) is 310 Å². The van der Waals surface area contributed by atoms with Crippen LogP contribution in [0.5, 0.6) is 0 Å². The van der Waals surface area contributed by atoms with E-state index in [0.29, 0.717) is 25.7 Å². The van der Waals surface area contributed by atoms with Gasteiger partial charge < -0.3 is 33.8 Å². The fourth-order valence-electron chi connectivity index (χ4n) is 10.2. The highest BCUT2D eigenvalue weighted by molar-refractivity contribution is 7.47. The van der Waals surface area contributed by atoms with E-state index in [-0.39, 0.29) is 25.7 Å². The number of ether oxygens (including phenoxy) is 4. The second-order valence-electron chi connectivity index (χ2n) is 26.2.